The second-order valence-electron chi connectivity index (χ2n) is 6.12. The van der Waals surface area contributed by atoms with Gasteiger partial charge in [0.25, 0.3) is 5.91 Å². The highest BCUT2D eigenvalue weighted by Gasteiger charge is 2.11. The molecule has 6 heteroatoms. The number of para-hydroxylation sites is 1. The molecule has 0 unspecified atom stereocenters. The topological polar surface area (TPSA) is 67.4 Å². The van der Waals surface area contributed by atoms with Crippen LogP contribution in [-0.4, -0.2) is 11.8 Å². The van der Waals surface area contributed by atoms with Crippen LogP contribution in [0.25, 0.3) is 0 Å². The lowest BCUT2D eigenvalue weighted by molar-refractivity contribution is -0.114. The molecule has 28 heavy (non-hydrogen) atoms. The van der Waals surface area contributed by atoms with Crippen LogP contribution in [-0.2, 0) is 11.4 Å². The second-order valence-corrected chi connectivity index (χ2v) is 7.04. The number of anilines is 2. The van der Waals surface area contributed by atoms with Gasteiger partial charge >= 0.3 is 0 Å². The average Bonchev–Trinajstić information content (AvgIpc) is 2.69. The monoisotopic (exact) mass is 438 g/mol. The summed E-state index contributed by atoms with van der Waals surface area (Å²) in [5, 5.41) is 5.54. The molecular formula is C22H19BrN2O3. The van der Waals surface area contributed by atoms with E-state index >= 15 is 0 Å². The Bertz CT molecular complexity index is 973. The van der Waals surface area contributed by atoms with Gasteiger partial charge in [0.2, 0.25) is 5.91 Å². The zero-order chi connectivity index (χ0) is 19.9. The molecule has 0 atom stereocenters. The minimum Gasteiger partial charge on any atom is -0.489 e. The van der Waals surface area contributed by atoms with E-state index in [-0.39, 0.29) is 11.8 Å². The number of carbonyl (C=O) groups is 2. The number of rotatable bonds is 6. The van der Waals surface area contributed by atoms with Crippen molar-refractivity contribution in [2.24, 2.45) is 0 Å². The zero-order valence-corrected chi connectivity index (χ0v) is 16.8. The number of carbonyl (C=O) groups excluding carboxylic acids is 2. The number of ether oxygens (including phenoxy) is 1. The Morgan fingerprint density at radius 3 is 2.29 bits per heavy atom. The maximum atomic E-state index is 12.6. The second kappa shape index (κ2) is 9.19. The van der Waals surface area contributed by atoms with E-state index in [0.717, 1.165) is 15.8 Å². The highest BCUT2D eigenvalue weighted by molar-refractivity contribution is 9.10. The van der Waals surface area contributed by atoms with Crippen molar-refractivity contribution in [2.45, 2.75) is 13.5 Å². The normalized spacial score (nSPS) is 10.2. The SMILES string of the molecule is CC(=O)Nc1ccc(Br)cc1NC(=O)c1ccc(COc2ccccc2)cc1. The van der Waals surface area contributed by atoms with Crippen molar-refractivity contribution >= 4 is 39.1 Å². The lowest BCUT2D eigenvalue weighted by Crippen LogP contribution is -2.15. The molecule has 3 aromatic carbocycles. The summed E-state index contributed by atoms with van der Waals surface area (Å²) in [5.41, 5.74) is 2.53. The zero-order valence-electron chi connectivity index (χ0n) is 15.2. The van der Waals surface area contributed by atoms with Crippen molar-refractivity contribution in [3.63, 3.8) is 0 Å². The summed E-state index contributed by atoms with van der Waals surface area (Å²) < 4.78 is 6.50. The Balaban J connectivity index is 1.66. The van der Waals surface area contributed by atoms with Gasteiger partial charge in [-0.3, -0.25) is 9.59 Å². The van der Waals surface area contributed by atoms with Crippen molar-refractivity contribution in [1.29, 1.82) is 0 Å². The first-order valence-corrected chi connectivity index (χ1v) is 9.46. The molecule has 0 fully saturated rings. The first-order valence-electron chi connectivity index (χ1n) is 8.66. The van der Waals surface area contributed by atoms with E-state index in [1.165, 1.54) is 6.92 Å². The molecule has 0 spiro atoms. The summed E-state index contributed by atoms with van der Waals surface area (Å²) in [6, 6.07) is 22.0. The fraction of sp³-hybridized carbons (Fsp3) is 0.0909. The molecule has 0 saturated heterocycles. The van der Waals surface area contributed by atoms with Gasteiger partial charge in [-0.05, 0) is 48.0 Å². The van der Waals surface area contributed by atoms with E-state index in [4.69, 9.17) is 4.74 Å². The Labute approximate surface area is 171 Å². The third-order valence-electron chi connectivity index (χ3n) is 3.91. The molecule has 0 saturated carbocycles. The minimum absolute atomic E-state index is 0.208. The third-order valence-corrected chi connectivity index (χ3v) is 4.40. The molecule has 2 N–H and O–H groups in total. The van der Waals surface area contributed by atoms with E-state index in [9.17, 15) is 9.59 Å². The average molecular weight is 439 g/mol. The molecule has 0 aliphatic carbocycles. The Morgan fingerprint density at radius 1 is 0.893 bits per heavy atom. The molecule has 5 nitrogen and oxygen atoms in total. The summed E-state index contributed by atoms with van der Waals surface area (Å²) >= 11 is 3.38. The van der Waals surface area contributed by atoms with E-state index < -0.39 is 0 Å². The van der Waals surface area contributed by atoms with Gasteiger partial charge < -0.3 is 15.4 Å². The minimum atomic E-state index is -0.264. The number of halogens is 1. The first kappa shape index (κ1) is 19.6. The van der Waals surface area contributed by atoms with Crippen LogP contribution in [0.5, 0.6) is 5.75 Å². The number of benzene rings is 3. The van der Waals surface area contributed by atoms with Gasteiger partial charge in [-0.25, -0.2) is 0 Å². The van der Waals surface area contributed by atoms with Crippen LogP contribution in [0.15, 0.2) is 77.3 Å². The number of hydrogen-bond acceptors (Lipinski definition) is 3. The van der Waals surface area contributed by atoms with Gasteiger partial charge in [-0.15, -0.1) is 0 Å². The van der Waals surface area contributed by atoms with Crippen LogP contribution in [0.3, 0.4) is 0 Å². The van der Waals surface area contributed by atoms with Crippen LogP contribution >= 0.6 is 15.9 Å². The molecule has 3 aromatic rings. The highest BCUT2D eigenvalue weighted by Crippen LogP contribution is 2.26. The molecule has 0 heterocycles. The molecule has 0 radical (unpaired) electrons. The van der Waals surface area contributed by atoms with E-state index in [2.05, 4.69) is 26.6 Å². The highest BCUT2D eigenvalue weighted by atomic mass is 79.9. The lowest BCUT2D eigenvalue weighted by Gasteiger charge is -2.12. The van der Waals surface area contributed by atoms with Crippen molar-refractivity contribution in [3.8, 4) is 5.75 Å². The van der Waals surface area contributed by atoms with Gasteiger partial charge in [0.05, 0.1) is 11.4 Å². The Hall–Kier alpha value is -3.12. The largest absolute Gasteiger partial charge is 0.489 e. The smallest absolute Gasteiger partial charge is 0.255 e. The third kappa shape index (κ3) is 5.44. The van der Waals surface area contributed by atoms with Crippen molar-refractivity contribution < 1.29 is 14.3 Å². The molecule has 142 valence electrons. The van der Waals surface area contributed by atoms with Crippen molar-refractivity contribution in [3.05, 3.63) is 88.4 Å². The van der Waals surface area contributed by atoms with E-state index in [1.54, 1.807) is 30.3 Å². The maximum absolute atomic E-state index is 12.6. The maximum Gasteiger partial charge on any atom is 0.255 e. The van der Waals surface area contributed by atoms with E-state index in [1.807, 2.05) is 42.5 Å². The molecule has 0 bridgehead atoms. The molecular weight excluding hydrogens is 420 g/mol. The van der Waals surface area contributed by atoms with Crippen LogP contribution in [0.2, 0.25) is 0 Å². The van der Waals surface area contributed by atoms with Crippen LogP contribution in [0, 0.1) is 0 Å². The predicted molar refractivity (Wildman–Crippen MR) is 114 cm³/mol. The number of amides is 2. The Morgan fingerprint density at radius 2 is 1.61 bits per heavy atom. The standard InChI is InChI=1S/C22H19BrN2O3/c1-15(26)24-20-12-11-18(23)13-21(20)25-22(27)17-9-7-16(8-10-17)14-28-19-5-3-2-4-6-19/h2-13H,14H2,1H3,(H,24,26)(H,25,27). The van der Waals surface area contributed by atoms with E-state index in [0.29, 0.717) is 23.5 Å². The summed E-state index contributed by atoms with van der Waals surface area (Å²) in [6.07, 6.45) is 0. The number of nitrogens with one attached hydrogen (secondary N) is 2. The van der Waals surface area contributed by atoms with Crippen molar-refractivity contribution in [1.82, 2.24) is 0 Å². The summed E-state index contributed by atoms with van der Waals surface area (Å²) in [7, 11) is 0. The molecule has 2 amide bonds. The molecule has 3 rings (SSSR count). The molecule has 0 aromatic heterocycles. The van der Waals surface area contributed by atoms with Gasteiger partial charge in [-0.1, -0.05) is 46.3 Å². The lowest BCUT2D eigenvalue weighted by atomic mass is 10.1. The fourth-order valence-electron chi connectivity index (χ4n) is 2.55. The fourth-order valence-corrected chi connectivity index (χ4v) is 2.91. The summed E-state index contributed by atoms with van der Waals surface area (Å²) in [6.45, 7) is 1.84. The summed E-state index contributed by atoms with van der Waals surface area (Å²) in [4.78, 5) is 23.9. The predicted octanol–water partition coefficient (Wildman–Crippen LogP) is 5.24. The molecule has 0 aliphatic rings. The van der Waals surface area contributed by atoms with Crippen LogP contribution < -0.4 is 15.4 Å². The molecule has 0 aliphatic heterocycles. The van der Waals surface area contributed by atoms with Gasteiger partial charge in [0, 0.05) is 17.0 Å². The van der Waals surface area contributed by atoms with Crippen LogP contribution in [0.4, 0.5) is 11.4 Å². The van der Waals surface area contributed by atoms with Crippen LogP contribution in [0.1, 0.15) is 22.8 Å². The van der Waals surface area contributed by atoms with Gasteiger partial charge in [0.15, 0.2) is 0 Å². The van der Waals surface area contributed by atoms with Gasteiger partial charge in [0.1, 0.15) is 12.4 Å². The Kier molecular flexibility index (Phi) is 6.45. The first-order chi connectivity index (χ1) is 13.5. The summed E-state index contributed by atoms with van der Waals surface area (Å²) in [5.74, 6) is 0.324. The quantitative estimate of drug-likeness (QED) is 0.552. The number of hydrogen-bond donors (Lipinski definition) is 2. The van der Waals surface area contributed by atoms with Gasteiger partial charge in [-0.2, -0.15) is 0 Å². The van der Waals surface area contributed by atoms with Crippen molar-refractivity contribution in [2.75, 3.05) is 10.6 Å².